The molecule has 2 rings (SSSR count). The molecule has 0 unspecified atom stereocenters. The Morgan fingerprint density at radius 2 is 1.84 bits per heavy atom. The van der Waals surface area contributed by atoms with Gasteiger partial charge in [0.05, 0.1) is 11.9 Å². The number of hydrogen-bond donors (Lipinski definition) is 1. The molecule has 134 valence electrons. The first-order valence-corrected chi connectivity index (χ1v) is 10.5. The fourth-order valence-electron chi connectivity index (χ4n) is 2.50. The van der Waals surface area contributed by atoms with E-state index in [1.807, 2.05) is 25.1 Å². The van der Waals surface area contributed by atoms with Gasteiger partial charge in [-0.3, -0.25) is 9.10 Å². The lowest BCUT2D eigenvalue weighted by Crippen LogP contribution is -2.45. The van der Waals surface area contributed by atoms with E-state index in [2.05, 4.69) is 21.2 Å². The van der Waals surface area contributed by atoms with E-state index in [0.29, 0.717) is 11.4 Å². The normalized spacial score (nSPS) is 12.5. The Morgan fingerprint density at radius 1 is 1.20 bits per heavy atom. The van der Waals surface area contributed by atoms with Gasteiger partial charge in [0.1, 0.15) is 6.04 Å². The van der Waals surface area contributed by atoms with Crippen LogP contribution in [0.2, 0.25) is 0 Å². The summed E-state index contributed by atoms with van der Waals surface area (Å²) < 4.78 is 26.5. The summed E-state index contributed by atoms with van der Waals surface area (Å²) in [7, 11) is -3.62. The molecule has 0 spiro atoms. The maximum Gasteiger partial charge on any atom is 0.247 e. The van der Waals surface area contributed by atoms with Gasteiger partial charge < -0.3 is 5.32 Å². The van der Waals surface area contributed by atoms with Crippen molar-refractivity contribution in [3.8, 4) is 0 Å². The van der Waals surface area contributed by atoms with Crippen molar-refractivity contribution in [3.05, 3.63) is 58.6 Å². The van der Waals surface area contributed by atoms with Crippen LogP contribution in [0.15, 0.2) is 53.0 Å². The second-order valence-electron chi connectivity index (χ2n) is 5.75. The van der Waals surface area contributed by atoms with Gasteiger partial charge in [-0.15, -0.1) is 0 Å². The molecular formula is C18H21BrN2O3S. The molecule has 5 nitrogen and oxygen atoms in total. The van der Waals surface area contributed by atoms with E-state index in [0.717, 1.165) is 27.0 Å². The highest BCUT2D eigenvalue weighted by Gasteiger charge is 2.29. The lowest BCUT2D eigenvalue weighted by molar-refractivity contribution is -0.116. The molecule has 1 N–H and O–H groups in total. The van der Waals surface area contributed by atoms with Crippen LogP contribution >= 0.6 is 15.9 Å². The Balaban J connectivity index is 2.29. The molecule has 0 heterocycles. The van der Waals surface area contributed by atoms with Crippen LogP contribution in [0.4, 0.5) is 11.4 Å². The smallest absolute Gasteiger partial charge is 0.247 e. The standard InChI is InChI=1S/C18H21BrN2O3S/c1-4-14-8-10-17(11-9-14)21(25(3,23)24)13(2)18(22)20-16-7-5-6-15(19)12-16/h5-13H,4H2,1-3H3,(H,20,22)/t13-/m0/s1. The molecule has 0 bridgehead atoms. The monoisotopic (exact) mass is 424 g/mol. The summed E-state index contributed by atoms with van der Waals surface area (Å²) in [5.41, 5.74) is 2.17. The third-order valence-corrected chi connectivity index (χ3v) is 5.51. The van der Waals surface area contributed by atoms with E-state index >= 15 is 0 Å². The number of nitrogens with zero attached hydrogens (tertiary/aromatic N) is 1. The number of benzene rings is 2. The van der Waals surface area contributed by atoms with Gasteiger partial charge in [-0.2, -0.15) is 0 Å². The van der Waals surface area contributed by atoms with Crippen molar-refractivity contribution < 1.29 is 13.2 Å². The van der Waals surface area contributed by atoms with Crippen molar-refractivity contribution in [2.45, 2.75) is 26.3 Å². The highest BCUT2D eigenvalue weighted by molar-refractivity contribution is 9.10. The third-order valence-electron chi connectivity index (χ3n) is 3.78. The first kappa shape index (κ1) is 19.5. The van der Waals surface area contributed by atoms with Gasteiger partial charge in [-0.05, 0) is 49.2 Å². The fraction of sp³-hybridized carbons (Fsp3) is 0.278. The van der Waals surface area contributed by atoms with Gasteiger partial charge in [-0.25, -0.2) is 8.42 Å². The van der Waals surface area contributed by atoms with Gasteiger partial charge in [0.25, 0.3) is 0 Å². The minimum atomic E-state index is -3.62. The van der Waals surface area contributed by atoms with Crippen LogP contribution in [0.25, 0.3) is 0 Å². The largest absolute Gasteiger partial charge is 0.324 e. The van der Waals surface area contributed by atoms with Crippen molar-refractivity contribution in [2.75, 3.05) is 15.9 Å². The van der Waals surface area contributed by atoms with Crippen LogP contribution in [-0.4, -0.2) is 26.6 Å². The summed E-state index contributed by atoms with van der Waals surface area (Å²) in [4.78, 5) is 12.6. The number of amides is 1. The first-order valence-electron chi connectivity index (χ1n) is 7.87. The zero-order valence-corrected chi connectivity index (χ0v) is 16.8. The van der Waals surface area contributed by atoms with Gasteiger partial charge >= 0.3 is 0 Å². The van der Waals surface area contributed by atoms with Crippen molar-refractivity contribution >= 4 is 43.2 Å². The van der Waals surface area contributed by atoms with Crippen molar-refractivity contribution in [1.82, 2.24) is 0 Å². The Hall–Kier alpha value is -1.86. The van der Waals surface area contributed by atoms with Crippen LogP contribution in [0.5, 0.6) is 0 Å². The Labute approximate surface area is 157 Å². The van der Waals surface area contributed by atoms with Crippen LogP contribution in [0, 0.1) is 0 Å². The van der Waals surface area contributed by atoms with E-state index < -0.39 is 22.0 Å². The van der Waals surface area contributed by atoms with Crippen molar-refractivity contribution in [3.63, 3.8) is 0 Å². The van der Waals surface area contributed by atoms with Gasteiger partial charge in [0.2, 0.25) is 15.9 Å². The average Bonchev–Trinajstić information content (AvgIpc) is 2.54. The quantitative estimate of drug-likeness (QED) is 0.766. The number of sulfonamides is 1. The predicted molar refractivity (Wildman–Crippen MR) is 105 cm³/mol. The average molecular weight is 425 g/mol. The molecule has 7 heteroatoms. The highest BCUT2D eigenvalue weighted by atomic mass is 79.9. The maximum atomic E-state index is 12.6. The summed E-state index contributed by atoms with van der Waals surface area (Å²) in [5, 5.41) is 2.75. The Morgan fingerprint density at radius 3 is 2.36 bits per heavy atom. The van der Waals surface area contributed by atoms with Gasteiger partial charge in [0.15, 0.2) is 0 Å². The molecule has 25 heavy (non-hydrogen) atoms. The number of carbonyl (C=O) groups is 1. The Bertz CT molecular complexity index is 851. The minimum absolute atomic E-state index is 0.400. The topological polar surface area (TPSA) is 66.5 Å². The second kappa shape index (κ2) is 8.01. The van der Waals surface area contributed by atoms with Gasteiger partial charge in [0, 0.05) is 10.2 Å². The molecule has 0 fully saturated rings. The van der Waals surface area contributed by atoms with Crippen molar-refractivity contribution in [2.24, 2.45) is 0 Å². The number of halogens is 1. The Kier molecular flexibility index (Phi) is 6.24. The molecule has 0 saturated carbocycles. The third kappa shape index (κ3) is 5.06. The fourth-order valence-corrected chi connectivity index (χ4v) is 4.07. The maximum absolute atomic E-state index is 12.6. The number of anilines is 2. The molecule has 0 saturated heterocycles. The van der Waals surface area contributed by atoms with E-state index in [-0.39, 0.29) is 0 Å². The molecule has 2 aromatic carbocycles. The molecular weight excluding hydrogens is 404 g/mol. The summed E-state index contributed by atoms with van der Waals surface area (Å²) in [6.07, 6.45) is 1.96. The molecule has 0 aliphatic heterocycles. The summed E-state index contributed by atoms with van der Waals surface area (Å²) in [6, 6.07) is 13.4. The summed E-state index contributed by atoms with van der Waals surface area (Å²) in [6.45, 7) is 3.60. The lowest BCUT2D eigenvalue weighted by atomic mass is 10.1. The number of rotatable bonds is 6. The van der Waals surface area contributed by atoms with Crippen molar-refractivity contribution in [1.29, 1.82) is 0 Å². The van der Waals surface area contributed by atoms with E-state index in [1.165, 1.54) is 0 Å². The van der Waals surface area contributed by atoms with Gasteiger partial charge in [-0.1, -0.05) is 41.1 Å². The minimum Gasteiger partial charge on any atom is -0.324 e. The second-order valence-corrected chi connectivity index (χ2v) is 8.53. The summed E-state index contributed by atoms with van der Waals surface area (Å²) >= 11 is 3.34. The van der Waals surface area contributed by atoms with E-state index in [4.69, 9.17) is 0 Å². The molecule has 2 aromatic rings. The van der Waals surface area contributed by atoms with E-state index in [1.54, 1.807) is 37.3 Å². The zero-order valence-electron chi connectivity index (χ0n) is 14.4. The molecule has 1 atom stereocenters. The molecule has 0 radical (unpaired) electrons. The molecule has 1 amide bonds. The molecule has 0 aliphatic rings. The highest BCUT2D eigenvalue weighted by Crippen LogP contribution is 2.23. The molecule has 0 aromatic heterocycles. The molecule has 0 aliphatic carbocycles. The predicted octanol–water partition coefficient (Wildman–Crippen LogP) is 3.80. The van der Waals surface area contributed by atoms with Crippen LogP contribution < -0.4 is 9.62 Å². The number of carbonyl (C=O) groups excluding carboxylic acids is 1. The summed E-state index contributed by atoms with van der Waals surface area (Å²) in [5.74, 6) is -0.400. The van der Waals surface area contributed by atoms with Crippen LogP contribution in [0.1, 0.15) is 19.4 Å². The number of hydrogen-bond acceptors (Lipinski definition) is 3. The van der Waals surface area contributed by atoms with Crippen LogP contribution in [0.3, 0.4) is 0 Å². The van der Waals surface area contributed by atoms with E-state index in [9.17, 15) is 13.2 Å². The number of nitrogens with one attached hydrogen (secondary N) is 1. The van der Waals surface area contributed by atoms with Crippen LogP contribution in [-0.2, 0) is 21.2 Å². The zero-order chi connectivity index (χ0) is 18.6. The SMILES string of the molecule is CCc1ccc(N([C@@H](C)C(=O)Nc2cccc(Br)c2)S(C)(=O)=O)cc1. The number of aryl methyl sites for hydroxylation is 1. The first-order chi connectivity index (χ1) is 11.7. The lowest BCUT2D eigenvalue weighted by Gasteiger charge is -2.28.